The minimum atomic E-state index is -3.90. The first-order valence-corrected chi connectivity index (χ1v) is 10.1. The summed E-state index contributed by atoms with van der Waals surface area (Å²) in [5.74, 6) is -0.567. The highest BCUT2D eigenvalue weighted by atomic mass is 32.2. The number of nitrogens with zero attached hydrogens (tertiary/aromatic N) is 2. The SMILES string of the molecule is CN(C)C(=O)Sc1cccc(NS(=O)(=O)c2ccc3c(c2)oc(=O)n3C)c1. The Kier molecular flexibility index (Phi) is 5.03. The number of aromatic nitrogens is 1. The maximum absolute atomic E-state index is 12.7. The van der Waals surface area contributed by atoms with Gasteiger partial charge in [0.1, 0.15) is 0 Å². The van der Waals surface area contributed by atoms with Crippen molar-refractivity contribution in [1.29, 1.82) is 0 Å². The van der Waals surface area contributed by atoms with Gasteiger partial charge in [0, 0.05) is 37.8 Å². The van der Waals surface area contributed by atoms with Crippen LogP contribution in [0, 0.1) is 0 Å². The van der Waals surface area contributed by atoms with Crippen LogP contribution in [0.5, 0.6) is 0 Å². The van der Waals surface area contributed by atoms with Crippen LogP contribution < -0.4 is 10.5 Å². The minimum absolute atomic E-state index is 0.0354. The Morgan fingerprint density at radius 3 is 2.63 bits per heavy atom. The van der Waals surface area contributed by atoms with Crippen LogP contribution in [0.25, 0.3) is 11.1 Å². The van der Waals surface area contributed by atoms with Crippen LogP contribution in [0.4, 0.5) is 10.5 Å². The normalized spacial score (nSPS) is 11.5. The molecule has 0 atom stereocenters. The average molecular weight is 407 g/mol. The van der Waals surface area contributed by atoms with Gasteiger partial charge in [-0.05, 0) is 42.1 Å². The van der Waals surface area contributed by atoms with Crippen LogP contribution in [-0.2, 0) is 17.1 Å². The molecule has 0 saturated carbocycles. The number of carbonyl (C=O) groups excluding carboxylic acids is 1. The lowest BCUT2D eigenvalue weighted by molar-refractivity contribution is 0.241. The number of nitrogens with one attached hydrogen (secondary N) is 1. The zero-order valence-corrected chi connectivity index (χ0v) is 16.4. The van der Waals surface area contributed by atoms with E-state index in [0.29, 0.717) is 16.1 Å². The molecule has 1 heterocycles. The first-order valence-electron chi connectivity index (χ1n) is 7.79. The number of benzene rings is 2. The van der Waals surface area contributed by atoms with E-state index in [1.54, 1.807) is 45.4 Å². The summed E-state index contributed by atoms with van der Waals surface area (Å²) in [6.07, 6.45) is 0. The summed E-state index contributed by atoms with van der Waals surface area (Å²) >= 11 is 0.994. The second-order valence-corrected chi connectivity index (χ2v) is 8.66. The van der Waals surface area contributed by atoms with Crippen LogP contribution in [0.15, 0.2) is 61.5 Å². The summed E-state index contributed by atoms with van der Waals surface area (Å²) < 4.78 is 34.1. The fraction of sp³-hybridized carbons (Fsp3) is 0.176. The molecule has 1 amide bonds. The number of anilines is 1. The molecule has 0 unspecified atom stereocenters. The molecule has 0 radical (unpaired) electrons. The summed E-state index contributed by atoms with van der Waals surface area (Å²) in [6, 6.07) is 10.7. The van der Waals surface area contributed by atoms with Gasteiger partial charge in [0.05, 0.1) is 10.4 Å². The Morgan fingerprint density at radius 1 is 1.19 bits per heavy atom. The molecule has 1 N–H and O–H groups in total. The third-order valence-corrected chi connectivity index (χ3v) is 6.14. The molecule has 142 valence electrons. The lowest BCUT2D eigenvalue weighted by Gasteiger charge is -2.11. The van der Waals surface area contributed by atoms with Crippen LogP contribution in [0.2, 0.25) is 0 Å². The highest BCUT2D eigenvalue weighted by Crippen LogP contribution is 2.26. The molecule has 0 fully saturated rings. The molecular formula is C17H17N3O5S2. The molecule has 3 aromatic rings. The van der Waals surface area contributed by atoms with E-state index in [-0.39, 0.29) is 15.7 Å². The molecule has 0 aliphatic carbocycles. The van der Waals surface area contributed by atoms with Crippen molar-refractivity contribution >= 4 is 43.8 Å². The molecular weight excluding hydrogens is 390 g/mol. The van der Waals surface area contributed by atoms with Crippen molar-refractivity contribution in [3.05, 3.63) is 53.0 Å². The highest BCUT2D eigenvalue weighted by Gasteiger charge is 2.17. The Hall–Kier alpha value is -2.72. The van der Waals surface area contributed by atoms with E-state index in [0.717, 1.165) is 11.8 Å². The largest absolute Gasteiger partial charge is 0.419 e. The molecule has 0 bridgehead atoms. The molecule has 8 nitrogen and oxygen atoms in total. The van der Waals surface area contributed by atoms with E-state index in [1.165, 1.54) is 27.7 Å². The number of thioether (sulfide) groups is 1. The molecule has 27 heavy (non-hydrogen) atoms. The van der Waals surface area contributed by atoms with Gasteiger partial charge in [0.2, 0.25) is 0 Å². The highest BCUT2D eigenvalue weighted by molar-refractivity contribution is 8.13. The van der Waals surface area contributed by atoms with Gasteiger partial charge in [0.15, 0.2) is 5.58 Å². The number of rotatable bonds is 4. The molecule has 3 rings (SSSR count). The lowest BCUT2D eigenvalue weighted by Crippen LogP contribution is -2.16. The number of oxazole rings is 1. The molecule has 0 spiro atoms. The number of sulfonamides is 1. The van der Waals surface area contributed by atoms with E-state index in [9.17, 15) is 18.0 Å². The Balaban J connectivity index is 1.88. The fourth-order valence-electron chi connectivity index (χ4n) is 2.31. The van der Waals surface area contributed by atoms with E-state index in [4.69, 9.17) is 4.42 Å². The number of hydrogen-bond acceptors (Lipinski definition) is 6. The topological polar surface area (TPSA) is 102 Å². The average Bonchev–Trinajstić information content (AvgIpc) is 2.88. The summed E-state index contributed by atoms with van der Waals surface area (Å²) in [5, 5.41) is -0.167. The number of carbonyl (C=O) groups is 1. The van der Waals surface area contributed by atoms with Gasteiger partial charge in [-0.25, -0.2) is 13.2 Å². The van der Waals surface area contributed by atoms with Crippen molar-refractivity contribution in [3.63, 3.8) is 0 Å². The molecule has 0 aliphatic heterocycles. The third kappa shape index (κ3) is 4.01. The predicted octanol–water partition coefficient (Wildman–Crippen LogP) is 2.71. The number of fused-ring (bicyclic) bond motifs is 1. The van der Waals surface area contributed by atoms with Crippen LogP contribution in [0.1, 0.15) is 0 Å². The van der Waals surface area contributed by atoms with Crippen LogP contribution in [-0.4, -0.2) is 37.2 Å². The van der Waals surface area contributed by atoms with E-state index < -0.39 is 15.8 Å². The first kappa shape index (κ1) is 19.1. The second-order valence-electron chi connectivity index (χ2n) is 5.95. The minimum Gasteiger partial charge on any atom is -0.408 e. The van der Waals surface area contributed by atoms with Gasteiger partial charge in [-0.3, -0.25) is 14.1 Å². The van der Waals surface area contributed by atoms with E-state index >= 15 is 0 Å². The van der Waals surface area contributed by atoms with Crippen molar-refractivity contribution < 1.29 is 17.6 Å². The Labute approximate surface area is 159 Å². The van der Waals surface area contributed by atoms with Gasteiger partial charge in [-0.15, -0.1) is 0 Å². The van der Waals surface area contributed by atoms with Crippen molar-refractivity contribution in [2.24, 2.45) is 7.05 Å². The third-order valence-electron chi connectivity index (χ3n) is 3.73. The zero-order chi connectivity index (χ0) is 19.8. The smallest absolute Gasteiger partial charge is 0.408 e. The lowest BCUT2D eigenvalue weighted by atomic mass is 10.3. The molecule has 10 heteroatoms. The quantitative estimate of drug-likeness (QED) is 0.667. The second kappa shape index (κ2) is 7.12. The fourth-order valence-corrected chi connectivity index (χ4v) is 4.09. The summed E-state index contributed by atoms with van der Waals surface area (Å²) in [6.45, 7) is 0. The maximum Gasteiger partial charge on any atom is 0.419 e. The molecule has 2 aromatic carbocycles. The van der Waals surface area contributed by atoms with E-state index in [2.05, 4.69) is 4.72 Å². The van der Waals surface area contributed by atoms with Gasteiger partial charge >= 0.3 is 5.76 Å². The first-order chi connectivity index (χ1) is 12.7. The van der Waals surface area contributed by atoms with Gasteiger partial charge in [-0.2, -0.15) is 0 Å². The van der Waals surface area contributed by atoms with Gasteiger partial charge < -0.3 is 9.32 Å². The van der Waals surface area contributed by atoms with Crippen molar-refractivity contribution in [2.45, 2.75) is 9.79 Å². The number of hydrogen-bond donors (Lipinski definition) is 1. The molecule has 0 aliphatic rings. The Morgan fingerprint density at radius 2 is 1.93 bits per heavy atom. The predicted molar refractivity (Wildman–Crippen MR) is 104 cm³/mol. The zero-order valence-electron chi connectivity index (χ0n) is 14.8. The summed E-state index contributed by atoms with van der Waals surface area (Å²) in [5.41, 5.74) is 1.01. The standard InChI is InChI=1S/C17H17N3O5S2/c1-19(2)17(22)26-12-6-4-5-11(9-12)18-27(23,24)13-7-8-14-15(10-13)25-16(21)20(14)3/h4-10,18H,1-3H3. The van der Waals surface area contributed by atoms with Gasteiger partial charge in [-0.1, -0.05) is 6.07 Å². The number of aryl methyl sites for hydroxylation is 1. The number of amides is 1. The van der Waals surface area contributed by atoms with E-state index in [1.807, 2.05) is 0 Å². The van der Waals surface area contributed by atoms with Crippen LogP contribution >= 0.6 is 11.8 Å². The monoisotopic (exact) mass is 407 g/mol. The van der Waals surface area contributed by atoms with Gasteiger partial charge in [0.25, 0.3) is 15.3 Å². The molecule has 0 saturated heterocycles. The Bertz CT molecular complexity index is 1180. The summed E-state index contributed by atoms with van der Waals surface area (Å²) in [7, 11) is 0.922. The van der Waals surface area contributed by atoms with Crippen LogP contribution in [0.3, 0.4) is 0 Å². The maximum atomic E-state index is 12.7. The van der Waals surface area contributed by atoms with Crippen molar-refractivity contribution in [2.75, 3.05) is 18.8 Å². The summed E-state index contributed by atoms with van der Waals surface area (Å²) in [4.78, 5) is 25.4. The molecule has 1 aromatic heterocycles. The van der Waals surface area contributed by atoms with Crippen molar-refractivity contribution in [1.82, 2.24) is 9.47 Å². The van der Waals surface area contributed by atoms with Crippen molar-refractivity contribution in [3.8, 4) is 0 Å².